The molecule has 0 bridgehead atoms. The second kappa shape index (κ2) is 9.89. The summed E-state index contributed by atoms with van der Waals surface area (Å²) in [4.78, 5) is 22.8. The van der Waals surface area contributed by atoms with E-state index < -0.39 is 5.97 Å². The quantitative estimate of drug-likeness (QED) is 0.490. The molecule has 33 heavy (non-hydrogen) atoms. The largest absolute Gasteiger partial charge is 0.489 e. The molecule has 1 aromatic heterocycles. The van der Waals surface area contributed by atoms with Crippen molar-refractivity contribution in [1.82, 2.24) is 14.9 Å². The van der Waals surface area contributed by atoms with Crippen LogP contribution in [0.5, 0.6) is 5.75 Å². The van der Waals surface area contributed by atoms with Crippen molar-refractivity contribution in [2.75, 3.05) is 13.1 Å². The van der Waals surface area contributed by atoms with E-state index in [2.05, 4.69) is 9.88 Å². The highest BCUT2D eigenvalue weighted by atomic mass is 35.5. The Labute approximate surface area is 199 Å². The first-order chi connectivity index (χ1) is 15.8. The zero-order chi connectivity index (χ0) is 23.4. The fourth-order valence-electron chi connectivity index (χ4n) is 4.17. The molecule has 2 aromatic carbocycles. The Hall–Kier alpha value is -2.96. The fraction of sp³-hybridized carbons (Fsp3) is 0.346. The van der Waals surface area contributed by atoms with Crippen molar-refractivity contribution in [2.24, 2.45) is 5.41 Å². The lowest BCUT2D eigenvalue weighted by Crippen LogP contribution is -2.39. The zero-order valence-corrected chi connectivity index (χ0v) is 19.7. The van der Waals surface area contributed by atoms with Crippen molar-refractivity contribution in [2.45, 2.75) is 39.8 Å². The summed E-state index contributed by atoms with van der Waals surface area (Å²) < 4.78 is 5.86. The summed E-state index contributed by atoms with van der Waals surface area (Å²) in [7, 11) is 0. The minimum atomic E-state index is -0.758. The molecule has 0 fully saturated rings. The Morgan fingerprint density at radius 3 is 2.58 bits per heavy atom. The van der Waals surface area contributed by atoms with Crippen molar-refractivity contribution in [3.05, 3.63) is 76.6 Å². The molecule has 0 amide bonds. The van der Waals surface area contributed by atoms with E-state index in [-0.39, 0.29) is 11.8 Å². The number of fused-ring (bicyclic) bond motifs is 1. The van der Waals surface area contributed by atoms with Crippen LogP contribution in [0.4, 0.5) is 0 Å². The summed E-state index contributed by atoms with van der Waals surface area (Å²) >= 11 is 5.92. The zero-order valence-electron chi connectivity index (χ0n) is 18.9. The highest BCUT2D eigenvalue weighted by molar-refractivity contribution is 6.30. The van der Waals surface area contributed by atoms with Gasteiger partial charge >= 0.3 is 5.97 Å². The monoisotopic (exact) mass is 465 g/mol. The first-order valence-electron chi connectivity index (χ1n) is 11.0. The van der Waals surface area contributed by atoms with Crippen LogP contribution in [-0.4, -0.2) is 39.0 Å². The van der Waals surface area contributed by atoms with E-state index in [1.54, 1.807) is 0 Å². The predicted octanol–water partition coefficient (Wildman–Crippen LogP) is 5.24. The van der Waals surface area contributed by atoms with Crippen LogP contribution in [0.25, 0.3) is 11.4 Å². The van der Waals surface area contributed by atoms with E-state index in [0.29, 0.717) is 17.5 Å². The Balaban J connectivity index is 1.38. The lowest BCUT2D eigenvalue weighted by Gasteiger charge is -2.34. The second-order valence-corrected chi connectivity index (χ2v) is 9.74. The van der Waals surface area contributed by atoms with Gasteiger partial charge in [-0.05, 0) is 47.4 Å². The molecule has 0 atom stereocenters. The molecule has 6 nitrogen and oxygen atoms in total. The van der Waals surface area contributed by atoms with E-state index >= 15 is 0 Å². The highest BCUT2D eigenvalue weighted by Crippen LogP contribution is 2.27. The summed E-state index contributed by atoms with van der Waals surface area (Å²) in [5.41, 5.74) is 3.90. The van der Waals surface area contributed by atoms with Gasteiger partial charge in [0.05, 0.1) is 12.1 Å². The lowest BCUT2D eigenvalue weighted by molar-refractivity contribution is -0.139. The molecule has 4 rings (SSSR count). The molecule has 0 radical (unpaired) electrons. The molecule has 1 aliphatic rings. The van der Waals surface area contributed by atoms with Crippen LogP contribution in [0.2, 0.25) is 5.02 Å². The molecular weight excluding hydrogens is 438 g/mol. The van der Waals surface area contributed by atoms with Gasteiger partial charge in [-0.2, -0.15) is 0 Å². The number of carbonyl (C=O) groups is 1. The van der Waals surface area contributed by atoms with Gasteiger partial charge in [-0.15, -0.1) is 0 Å². The number of ether oxygens (including phenoxy) is 1. The number of carboxylic acids is 1. The molecule has 1 N–H and O–H groups in total. The standard InChI is InChI=1S/C26H28ClN3O3/c1-26(2,13-24(31)32)17-30-12-11-23-20(15-30)14-28-25(29-23)19-5-9-22(10-6-19)33-16-18-3-7-21(27)8-4-18/h3-10,14H,11-13,15-17H2,1-2H3,(H,31,32). The first-order valence-corrected chi connectivity index (χ1v) is 11.4. The molecule has 0 unspecified atom stereocenters. The van der Waals surface area contributed by atoms with E-state index in [9.17, 15) is 4.79 Å². The molecule has 2 heterocycles. The Morgan fingerprint density at radius 1 is 1.15 bits per heavy atom. The van der Waals surface area contributed by atoms with Crippen LogP contribution in [0.3, 0.4) is 0 Å². The van der Waals surface area contributed by atoms with Crippen LogP contribution in [0.15, 0.2) is 54.7 Å². The average molecular weight is 466 g/mol. The van der Waals surface area contributed by atoms with Gasteiger partial charge in [-0.1, -0.05) is 37.6 Å². The number of benzene rings is 2. The molecule has 1 aliphatic heterocycles. The molecule has 172 valence electrons. The maximum absolute atomic E-state index is 11.1. The third kappa shape index (κ3) is 6.30. The summed E-state index contributed by atoms with van der Waals surface area (Å²) in [6.07, 6.45) is 2.89. The van der Waals surface area contributed by atoms with E-state index in [0.717, 1.165) is 54.2 Å². The highest BCUT2D eigenvalue weighted by Gasteiger charge is 2.27. The normalized spacial score (nSPS) is 14.0. The van der Waals surface area contributed by atoms with E-state index in [1.807, 2.05) is 68.6 Å². The third-order valence-electron chi connectivity index (χ3n) is 5.73. The predicted molar refractivity (Wildman–Crippen MR) is 128 cm³/mol. The second-order valence-electron chi connectivity index (χ2n) is 9.30. The van der Waals surface area contributed by atoms with Crippen molar-refractivity contribution >= 4 is 17.6 Å². The van der Waals surface area contributed by atoms with Crippen molar-refractivity contribution in [1.29, 1.82) is 0 Å². The van der Waals surface area contributed by atoms with Crippen molar-refractivity contribution in [3.63, 3.8) is 0 Å². The molecule has 0 saturated heterocycles. The Kier molecular flexibility index (Phi) is 6.96. The van der Waals surface area contributed by atoms with E-state index in [4.69, 9.17) is 26.4 Å². The van der Waals surface area contributed by atoms with Crippen LogP contribution in [0.1, 0.15) is 37.1 Å². The summed E-state index contributed by atoms with van der Waals surface area (Å²) in [6, 6.07) is 15.4. The van der Waals surface area contributed by atoms with Crippen LogP contribution in [-0.2, 0) is 24.4 Å². The third-order valence-corrected chi connectivity index (χ3v) is 5.98. The molecule has 0 spiro atoms. The van der Waals surface area contributed by atoms with Gasteiger partial charge in [0.15, 0.2) is 5.82 Å². The number of hydrogen-bond donors (Lipinski definition) is 1. The number of carboxylic acid groups (broad SMARTS) is 1. The molecule has 3 aromatic rings. The van der Waals surface area contributed by atoms with Gasteiger partial charge in [0.1, 0.15) is 12.4 Å². The van der Waals surface area contributed by atoms with Gasteiger partial charge in [0.25, 0.3) is 0 Å². The number of nitrogens with zero attached hydrogens (tertiary/aromatic N) is 3. The summed E-state index contributed by atoms with van der Waals surface area (Å²) in [5, 5.41) is 9.84. The molecule has 7 heteroatoms. The first kappa shape index (κ1) is 23.2. The van der Waals surface area contributed by atoms with Gasteiger partial charge in [0.2, 0.25) is 0 Å². The van der Waals surface area contributed by atoms with Crippen LogP contribution in [0, 0.1) is 5.41 Å². The van der Waals surface area contributed by atoms with Gasteiger partial charge in [-0.3, -0.25) is 9.69 Å². The van der Waals surface area contributed by atoms with Crippen LogP contribution >= 0.6 is 11.6 Å². The number of aliphatic carboxylic acids is 1. The average Bonchev–Trinajstić information content (AvgIpc) is 2.77. The van der Waals surface area contributed by atoms with Crippen molar-refractivity contribution < 1.29 is 14.6 Å². The number of hydrogen-bond acceptors (Lipinski definition) is 5. The van der Waals surface area contributed by atoms with Crippen LogP contribution < -0.4 is 4.74 Å². The van der Waals surface area contributed by atoms with Crippen molar-refractivity contribution in [3.8, 4) is 17.1 Å². The number of aromatic nitrogens is 2. The Morgan fingerprint density at radius 2 is 1.88 bits per heavy atom. The molecule has 0 saturated carbocycles. The number of rotatable bonds is 8. The Bertz CT molecular complexity index is 1110. The topological polar surface area (TPSA) is 75.5 Å². The number of halogens is 1. The lowest BCUT2D eigenvalue weighted by atomic mass is 9.88. The van der Waals surface area contributed by atoms with E-state index in [1.165, 1.54) is 0 Å². The molecular formula is C26H28ClN3O3. The minimum absolute atomic E-state index is 0.158. The maximum Gasteiger partial charge on any atom is 0.303 e. The fourth-order valence-corrected chi connectivity index (χ4v) is 4.29. The smallest absolute Gasteiger partial charge is 0.303 e. The molecule has 0 aliphatic carbocycles. The van der Waals surface area contributed by atoms with Gasteiger partial charge in [0, 0.05) is 48.4 Å². The maximum atomic E-state index is 11.1. The van der Waals surface area contributed by atoms with Gasteiger partial charge in [-0.25, -0.2) is 9.97 Å². The summed E-state index contributed by atoms with van der Waals surface area (Å²) in [6.45, 7) is 6.82. The SMILES string of the molecule is CC(C)(CC(=O)O)CN1CCc2nc(-c3ccc(OCc4ccc(Cl)cc4)cc3)ncc2C1. The summed E-state index contributed by atoms with van der Waals surface area (Å²) in [5.74, 6) is 0.732. The minimum Gasteiger partial charge on any atom is -0.489 e. The van der Waals surface area contributed by atoms with Gasteiger partial charge < -0.3 is 9.84 Å².